The summed E-state index contributed by atoms with van der Waals surface area (Å²) in [4.78, 5) is 12.7. The molecule has 0 atom stereocenters. The zero-order valence-corrected chi connectivity index (χ0v) is 11.3. The molecule has 0 aliphatic heterocycles. The fourth-order valence-electron chi connectivity index (χ4n) is 1.84. The van der Waals surface area contributed by atoms with Gasteiger partial charge in [0.05, 0.1) is 6.54 Å². The van der Waals surface area contributed by atoms with Gasteiger partial charge in [-0.15, -0.1) is 0 Å². The molecule has 0 radical (unpaired) electrons. The molecule has 0 aromatic carbocycles. The van der Waals surface area contributed by atoms with Gasteiger partial charge in [-0.1, -0.05) is 19.9 Å². The molecular weight excluding hydrogens is 238 g/mol. The van der Waals surface area contributed by atoms with Crippen LogP contribution in [0.4, 0.5) is 5.82 Å². The topological polar surface area (TPSA) is 76.7 Å². The SMILES string of the molecule is CC(C)(CNCc1nccc(N)n1)c1ccccn1. The molecule has 0 fully saturated rings. The molecular formula is C14H19N5. The summed E-state index contributed by atoms with van der Waals surface area (Å²) in [6, 6.07) is 7.65. The average Bonchev–Trinajstić information content (AvgIpc) is 2.40. The van der Waals surface area contributed by atoms with Crippen molar-refractivity contribution in [1.82, 2.24) is 20.3 Å². The second kappa shape index (κ2) is 5.75. The molecule has 5 heteroatoms. The van der Waals surface area contributed by atoms with Gasteiger partial charge in [0, 0.05) is 30.0 Å². The third-order valence-corrected chi connectivity index (χ3v) is 2.94. The molecule has 5 nitrogen and oxygen atoms in total. The normalized spacial score (nSPS) is 11.5. The second-order valence-electron chi connectivity index (χ2n) is 5.10. The predicted octanol–water partition coefficient (Wildman–Crippen LogP) is 1.52. The lowest BCUT2D eigenvalue weighted by Crippen LogP contribution is -2.33. The zero-order chi connectivity index (χ0) is 13.7. The van der Waals surface area contributed by atoms with Crippen LogP contribution in [-0.4, -0.2) is 21.5 Å². The van der Waals surface area contributed by atoms with E-state index in [1.165, 1.54) is 0 Å². The quantitative estimate of drug-likeness (QED) is 0.849. The number of nitrogens with one attached hydrogen (secondary N) is 1. The van der Waals surface area contributed by atoms with Crippen LogP contribution in [0.2, 0.25) is 0 Å². The number of nitrogens with zero attached hydrogens (tertiary/aromatic N) is 3. The first kappa shape index (κ1) is 13.4. The van der Waals surface area contributed by atoms with Crippen molar-refractivity contribution >= 4 is 5.82 Å². The van der Waals surface area contributed by atoms with Crippen molar-refractivity contribution in [1.29, 1.82) is 0 Å². The first-order valence-corrected chi connectivity index (χ1v) is 6.27. The number of hydrogen-bond acceptors (Lipinski definition) is 5. The molecule has 0 saturated heterocycles. The smallest absolute Gasteiger partial charge is 0.144 e. The fraction of sp³-hybridized carbons (Fsp3) is 0.357. The lowest BCUT2D eigenvalue weighted by atomic mass is 9.89. The summed E-state index contributed by atoms with van der Waals surface area (Å²) < 4.78 is 0. The van der Waals surface area contributed by atoms with E-state index < -0.39 is 0 Å². The van der Waals surface area contributed by atoms with E-state index in [-0.39, 0.29) is 5.41 Å². The van der Waals surface area contributed by atoms with Crippen molar-refractivity contribution in [3.05, 3.63) is 48.2 Å². The lowest BCUT2D eigenvalue weighted by Gasteiger charge is -2.24. The van der Waals surface area contributed by atoms with Crippen molar-refractivity contribution in [2.24, 2.45) is 0 Å². The van der Waals surface area contributed by atoms with E-state index in [4.69, 9.17) is 5.73 Å². The minimum absolute atomic E-state index is 0.0401. The molecule has 0 aliphatic carbocycles. The number of aromatic nitrogens is 3. The first-order chi connectivity index (χ1) is 9.08. The van der Waals surface area contributed by atoms with Crippen molar-refractivity contribution in [3.63, 3.8) is 0 Å². The summed E-state index contributed by atoms with van der Waals surface area (Å²) >= 11 is 0. The Morgan fingerprint density at radius 3 is 2.68 bits per heavy atom. The van der Waals surface area contributed by atoms with Crippen LogP contribution in [0.15, 0.2) is 36.7 Å². The van der Waals surface area contributed by atoms with E-state index >= 15 is 0 Å². The molecule has 0 bridgehead atoms. The van der Waals surface area contributed by atoms with E-state index in [1.807, 2.05) is 24.4 Å². The third-order valence-electron chi connectivity index (χ3n) is 2.94. The molecule has 2 aromatic rings. The van der Waals surface area contributed by atoms with Crippen molar-refractivity contribution < 1.29 is 0 Å². The number of nitrogens with two attached hydrogens (primary N) is 1. The van der Waals surface area contributed by atoms with Gasteiger partial charge in [0.2, 0.25) is 0 Å². The molecule has 0 saturated carbocycles. The minimum Gasteiger partial charge on any atom is -0.384 e. The predicted molar refractivity (Wildman–Crippen MR) is 75.4 cm³/mol. The van der Waals surface area contributed by atoms with E-state index in [9.17, 15) is 0 Å². The average molecular weight is 257 g/mol. The Morgan fingerprint density at radius 2 is 2.00 bits per heavy atom. The Kier molecular flexibility index (Phi) is 4.06. The summed E-state index contributed by atoms with van der Waals surface area (Å²) in [5.41, 5.74) is 6.64. The van der Waals surface area contributed by atoms with E-state index in [0.717, 1.165) is 12.2 Å². The largest absolute Gasteiger partial charge is 0.384 e. The number of anilines is 1. The van der Waals surface area contributed by atoms with Gasteiger partial charge in [-0.05, 0) is 18.2 Å². The molecule has 2 rings (SSSR count). The number of nitrogen functional groups attached to an aromatic ring is 1. The third kappa shape index (κ3) is 3.72. The fourth-order valence-corrected chi connectivity index (χ4v) is 1.84. The molecule has 100 valence electrons. The van der Waals surface area contributed by atoms with Crippen molar-refractivity contribution in [3.8, 4) is 0 Å². The highest BCUT2D eigenvalue weighted by Crippen LogP contribution is 2.19. The summed E-state index contributed by atoms with van der Waals surface area (Å²) in [7, 11) is 0. The Labute approximate surface area is 113 Å². The van der Waals surface area contributed by atoms with Crippen LogP contribution in [0.3, 0.4) is 0 Å². The summed E-state index contributed by atoms with van der Waals surface area (Å²) in [6.45, 7) is 5.70. The molecule has 0 aliphatic rings. The summed E-state index contributed by atoms with van der Waals surface area (Å²) in [6.07, 6.45) is 3.49. The van der Waals surface area contributed by atoms with Gasteiger partial charge in [0.25, 0.3) is 0 Å². The Hall–Kier alpha value is -2.01. The van der Waals surface area contributed by atoms with Crippen LogP contribution in [0.1, 0.15) is 25.4 Å². The first-order valence-electron chi connectivity index (χ1n) is 6.27. The van der Waals surface area contributed by atoms with Crippen LogP contribution in [0, 0.1) is 0 Å². The number of rotatable bonds is 5. The Morgan fingerprint density at radius 1 is 1.16 bits per heavy atom. The van der Waals surface area contributed by atoms with E-state index in [2.05, 4.69) is 34.1 Å². The minimum atomic E-state index is -0.0401. The van der Waals surface area contributed by atoms with Gasteiger partial charge < -0.3 is 11.1 Å². The summed E-state index contributed by atoms with van der Waals surface area (Å²) in [5.74, 6) is 1.20. The lowest BCUT2D eigenvalue weighted by molar-refractivity contribution is 0.453. The van der Waals surface area contributed by atoms with Gasteiger partial charge in [0.1, 0.15) is 11.6 Å². The standard InChI is InChI=1S/C14H19N5/c1-14(2,11-5-3-4-7-17-11)10-16-9-13-18-8-6-12(15)19-13/h3-8,16H,9-10H2,1-2H3,(H2,15,18,19). The van der Waals surface area contributed by atoms with Crippen molar-refractivity contribution in [2.75, 3.05) is 12.3 Å². The molecule has 19 heavy (non-hydrogen) atoms. The highest BCUT2D eigenvalue weighted by Gasteiger charge is 2.21. The van der Waals surface area contributed by atoms with Crippen LogP contribution in [0.5, 0.6) is 0 Å². The van der Waals surface area contributed by atoms with Gasteiger partial charge in [-0.2, -0.15) is 0 Å². The van der Waals surface area contributed by atoms with Gasteiger partial charge >= 0.3 is 0 Å². The Balaban J connectivity index is 1.92. The molecule has 0 unspecified atom stereocenters. The Bertz CT molecular complexity index is 524. The zero-order valence-electron chi connectivity index (χ0n) is 11.3. The summed E-state index contributed by atoms with van der Waals surface area (Å²) in [5, 5.41) is 3.35. The maximum absolute atomic E-state index is 5.62. The maximum Gasteiger partial charge on any atom is 0.144 e. The van der Waals surface area contributed by atoms with Gasteiger partial charge in [0.15, 0.2) is 0 Å². The van der Waals surface area contributed by atoms with Gasteiger partial charge in [-0.3, -0.25) is 4.98 Å². The highest BCUT2D eigenvalue weighted by atomic mass is 15.0. The molecule has 3 N–H and O–H groups in total. The van der Waals surface area contributed by atoms with E-state index in [0.29, 0.717) is 18.2 Å². The maximum atomic E-state index is 5.62. The van der Waals surface area contributed by atoms with Gasteiger partial charge in [-0.25, -0.2) is 9.97 Å². The molecule has 0 amide bonds. The van der Waals surface area contributed by atoms with Crippen LogP contribution in [-0.2, 0) is 12.0 Å². The van der Waals surface area contributed by atoms with Crippen molar-refractivity contribution in [2.45, 2.75) is 25.8 Å². The van der Waals surface area contributed by atoms with Crippen LogP contribution >= 0.6 is 0 Å². The van der Waals surface area contributed by atoms with Crippen LogP contribution in [0.25, 0.3) is 0 Å². The highest BCUT2D eigenvalue weighted by molar-refractivity contribution is 5.25. The second-order valence-corrected chi connectivity index (χ2v) is 5.10. The van der Waals surface area contributed by atoms with E-state index in [1.54, 1.807) is 12.3 Å². The molecule has 2 aromatic heterocycles. The molecule has 2 heterocycles. The molecule has 0 spiro atoms. The monoisotopic (exact) mass is 257 g/mol. The number of pyridine rings is 1. The van der Waals surface area contributed by atoms with Crippen LogP contribution < -0.4 is 11.1 Å². The number of hydrogen-bond donors (Lipinski definition) is 2.